The number of rotatable bonds is 6. The van der Waals surface area contributed by atoms with Crippen LogP contribution in [0.3, 0.4) is 0 Å². The van der Waals surface area contributed by atoms with E-state index in [9.17, 15) is 0 Å². The summed E-state index contributed by atoms with van der Waals surface area (Å²) < 4.78 is 30.8. The second kappa shape index (κ2) is 14.1. The summed E-state index contributed by atoms with van der Waals surface area (Å²) >= 11 is 0. The summed E-state index contributed by atoms with van der Waals surface area (Å²) in [5, 5.41) is 3.41. The van der Waals surface area contributed by atoms with Crippen LogP contribution in [0.2, 0.25) is 0 Å². The number of hydrogen-bond acceptors (Lipinski definition) is 4. The van der Waals surface area contributed by atoms with E-state index in [0.29, 0.717) is 27.6 Å². The van der Waals surface area contributed by atoms with Gasteiger partial charge in [0, 0.05) is 45.3 Å². The van der Waals surface area contributed by atoms with Gasteiger partial charge in [-0.15, -0.1) is 0 Å². The molecule has 0 fully saturated rings. The van der Waals surface area contributed by atoms with E-state index in [-0.39, 0.29) is 5.82 Å². The number of nitrogens with zero attached hydrogens (tertiary/aromatic N) is 2. The molecule has 1 spiro atoms. The van der Waals surface area contributed by atoms with E-state index < -0.39 is 5.41 Å². The molecule has 5 heteroatoms. The van der Waals surface area contributed by atoms with Crippen LogP contribution < -0.4 is 14.5 Å². The lowest BCUT2D eigenvalue weighted by Gasteiger charge is -2.40. The minimum Gasteiger partial charge on any atom is -0.457 e. The molecule has 2 aliphatic rings. The third-order valence-electron chi connectivity index (χ3n) is 13.1. The Morgan fingerprint density at radius 2 is 0.953 bits per heavy atom. The largest absolute Gasteiger partial charge is 0.457 e. The van der Waals surface area contributed by atoms with Crippen LogP contribution in [0.4, 0.5) is 38.5 Å². The summed E-state index contributed by atoms with van der Waals surface area (Å²) in [5.74, 6) is 1.28. The van der Waals surface area contributed by atoms with Gasteiger partial charge in [-0.3, -0.25) is 0 Å². The molecule has 302 valence electrons. The number of hydrogen-bond donors (Lipinski definition) is 0. The van der Waals surface area contributed by atoms with E-state index in [2.05, 4.69) is 131 Å². The zero-order valence-electron chi connectivity index (χ0n) is 34.5. The fraction of sp³-hybridized carbons (Fsp3) is 0.0169. The van der Waals surface area contributed by atoms with Crippen molar-refractivity contribution in [3.63, 3.8) is 0 Å². The summed E-state index contributed by atoms with van der Waals surface area (Å²) in [6.45, 7) is 0. The number of para-hydroxylation sites is 4. The van der Waals surface area contributed by atoms with E-state index >= 15 is 4.39 Å². The van der Waals surface area contributed by atoms with Gasteiger partial charge in [0.15, 0.2) is 5.58 Å². The molecule has 0 saturated heterocycles. The first-order valence-corrected chi connectivity index (χ1v) is 21.6. The van der Waals surface area contributed by atoms with Crippen molar-refractivity contribution >= 4 is 66.8 Å². The Kier molecular flexibility index (Phi) is 7.97. The molecule has 0 saturated carbocycles. The van der Waals surface area contributed by atoms with Crippen LogP contribution in [0.1, 0.15) is 22.3 Å². The molecule has 13 rings (SSSR count). The number of anilines is 6. The Labute approximate surface area is 369 Å². The topological polar surface area (TPSA) is 28.9 Å². The van der Waals surface area contributed by atoms with Crippen molar-refractivity contribution in [3.05, 3.63) is 253 Å². The Bertz CT molecular complexity index is 3540. The third kappa shape index (κ3) is 5.28. The normalized spacial score (nSPS) is 13.0. The highest BCUT2D eigenvalue weighted by molar-refractivity contribution is 6.11. The highest BCUT2D eigenvalue weighted by atomic mass is 19.1. The third-order valence-corrected chi connectivity index (χ3v) is 13.1. The van der Waals surface area contributed by atoms with Crippen molar-refractivity contribution < 1.29 is 13.5 Å². The smallest absolute Gasteiger partial charge is 0.159 e. The van der Waals surface area contributed by atoms with Crippen molar-refractivity contribution in [3.8, 4) is 22.6 Å². The van der Waals surface area contributed by atoms with E-state index in [1.807, 2.05) is 97.1 Å². The Morgan fingerprint density at radius 1 is 0.391 bits per heavy atom. The van der Waals surface area contributed by atoms with Gasteiger partial charge < -0.3 is 19.0 Å². The summed E-state index contributed by atoms with van der Waals surface area (Å²) in [5.41, 5.74) is 12.5. The van der Waals surface area contributed by atoms with Crippen LogP contribution in [0, 0.1) is 5.82 Å². The van der Waals surface area contributed by atoms with Gasteiger partial charge in [0.05, 0.1) is 22.2 Å². The van der Waals surface area contributed by atoms with Crippen LogP contribution in [-0.4, -0.2) is 0 Å². The summed E-state index contributed by atoms with van der Waals surface area (Å²) in [6, 6.07) is 77.0. The fourth-order valence-electron chi connectivity index (χ4n) is 10.5. The van der Waals surface area contributed by atoms with Crippen molar-refractivity contribution in [2.45, 2.75) is 5.41 Å². The Morgan fingerprint density at radius 3 is 1.61 bits per heavy atom. The van der Waals surface area contributed by atoms with E-state index in [1.165, 1.54) is 22.3 Å². The standard InChI is InChI=1S/C59H37FN2O2/c60-52-36-44(61(40-19-4-1-5-20-40)41-21-6-2-7-22-41)37-56-57(52)47-27-16-30-53(58(47)64-56)62(42-23-8-3-9-24-42)43-31-32-54-51(35-43)59(50-33-38-17-10-11-18-39(38)34-55(50)63-54)48-28-14-12-25-45(48)46-26-13-15-29-49(46)59/h1-37H. The summed E-state index contributed by atoms with van der Waals surface area (Å²) in [4.78, 5) is 4.28. The SMILES string of the molecule is Fc1cc(N(c2ccccc2)c2ccccc2)cc2oc3c(N(c4ccccc4)c4ccc5c(c4)C4(c6cc7ccccc7cc6O5)c5ccccc5-c5ccccc54)cccc3c12. The maximum absolute atomic E-state index is 16.9. The molecule has 64 heavy (non-hydrogen) atoms. The van der Waals surface area contributed by atoms with Gasteiger partial charge in [-0.2, -0.15) is 0 Å². The van der Waals surface area contributed by atoms with Crippen LogP contribution >= 0.6 is 0 Å². The van der Waals surface area contributed by atoms with E-state index in [1.54, 1.807) is 6.07 Å². The van der Waals surface area contributed by atoms with E-state index in [0.717, 1.165) is 61.8 Å². The van der Waals surface area contributed by atoms with Gasteiger partial charge in [0.1, 0.15) is 22.9 Å². The van der Waals surface area contributed by atoms with Crippen molar-refractivity contribution in [1.29, 1.82) is 0 Å². The molecule has 0 amide bonds. The van der Waals surface area contributed by atoms with Crippen molar-refractivity contribution in [1.82, 2.24) is 0 Å². The molecule has 4 nitrogen and oxygen atoms in total. The molecule has 0 radical (unpaired) electrons. The van der Waals surface area contributed by atoms with E-state index in [4.69, 9.17) is 9.15 Å². The second-order valence-corrected chi connectivity index (χ2v) is 16.6. The minimum absolute atomic E-state index is 0.357. The molecule has 0 atom stereocenters. The monoisotopic (exact) mass is 824 g/mol. The summed E-state index contributed by atoms with van der Waals surface area (Å²) in [7, 11) is 0. The lowest BCUT2D eigenvalue weighted by molar-refractivity contribution is 0.437. The molecule has 0 bridgehead atoms. The Balaban J connectivity index is 1.04. The van der Waals surface area contributed by atoms with Gasteiger partial charge in [-0.05, 0) is 112 Å². The average Bonchev–Trinajstić information content (AvgIpc) is 3.87. The van der Waals surface area contributed by atoms with Gasteiger partial charge in [-0.25, -0.2) is 4.39 Å². The summed E-state index contributed by atoms with van der Waals surface area (Å²) in [6.07, 6.45) is 0. The zero-order chi connectivity index (χ0) is 42.4. The fourth-order valence-corrected chi connectivity index (χ4v) is 10.5. The van der Waals surface area contributed by atoms with Gasteiger partial charge in [0.25, 0.3) is 0 Å². The van der Waals surface area contributed by atoms with Crippen LogP contribution in [0.15, 0.2) is 229 Å². The molecular weight excluding hydrogens is 788 g/mol. The van der Waals surface area contributed by atoms with Crippen molar-refractivity contribution in [2.75, 3.05) is 9.80 Å². The molecule has 1 aliphatic carbocycles. The maximum atomic E-state index is 16.9. The number of furan rings is 1. The molecule has 1 aliphatic heterocycles. The highest BCUT2D eigenvalue weighted by Gasteiger charge is 2.51. The maximum Gasteiger partial charge on any atom is 0.159 e. The highest BCUT2D eigenvalue weighted by Crippen LogP contribution is 2.63. The van der Waals surface area contributed by atoms with Crippen LogP contribution in [0.25, 0.3) is 43.8 Å². The number of fused-ring (bicyclic) bond motifs is 13. The Hall–Kier alpha value is -8.41. The first-order valence-electron chi connectivity index (χ1n) is 21.6. The second-order valence-electron chi connectivity index (χ2n) is 16.6. The van der Waals surface area contributed by atoms with Crippen LogP contribution in [0.5, 0.6) is 11.5 Å². The van der Waals surface area contributed by atoms with Crippen molar-refractivity contribution in [2.24, 2.45) is 0 Å². The first kappa shape index (κ1) is 36.3. The molecule has 2 heterocycles. The lowest BCUT2D eigenvalue weighted by Crippen LogP contribution is -2.32. The number of benzene rings is 10. The number of ether oxygens (including phenoxy) is 1. The zero-order valence-corrected chi connectivity index (χ0v) is 34.5. The molecule has 0 unspecified atom stereocenters. The average molecular weight is 825 g/mol. The van der Waals surface area contributed by atoms with Gasteiger partial charge in [0.2, 0.25) is 0 Å². The lowest BCUT2D eigenvalue weighted by atomic mass is 9.65. The number of halogens is 1. The van der Waals surface area contributed by atoms with Crippen LogP contribution in [-0.2, 0) is 5.41 Å². The van der Waals surface area contributed by atoms with Gasteiger partial charge >= 0.3 is 0 Å². The van der Waals surface area contributed by atoms with Gasteiger partial charge in [-0.1, -0.05) is 140 Å². The quantitative estimate of drug-likeness (QED) is 0.167. The molecule has 0 N–H and O–H groups in total. The molecule has 11 aromatic rings. The molecular formula is C59H37FN2O2. The molecule has 10 aromatic carbocycles. The predicted octanol–water partition coefficient (Wildman–Crippen LogP) is 16.3. The predicted molar refractivity (Wildman–Crippen MR) is 258 cm³/mol. The first-order chi connectivity index (χ1) is 31.6. The minimum atomic E-state index is -0.688. The molecule has 1 aromatic heterocycles.